The number of benzene rings is 2. The first-order valence-corrected chi connectivity index (χ1v) is 8.41. The van der Waals surface area contributed by atoms with Crippen LogP contribution in [0.15, 0.2) is 36.4 Å². The quantitative estimate of drug-likeness (QED) is 0.692. The molecule has 5 nitrogen and oxygen atoms in total. The van der Waals surface area contributed by atoms with Crippen molar-refractivity contribution in [2.45, 2.75) is 26.2 Å². The second-order valence-corrected chi connectivity index (χ2v) is 6.79. The zero-order valence-corrected chi connectivity index (χ0v) is 16.0. The maximum atomic E-state index is 9.01. The van der Waals surface area contributed by atoms with E-state index in [0.717, 1.165) is 17.1 Å². The third kappa shape index (κ3) is 4.82. The third-order valence-electron chi connectivity index (χ3n) is 3.89. The van der Waals surface area contributed by atoms with Crippen LogP contribution in [-0.4, -0.2) is 27.4 Å². The lowest BCUT2D eigenvalue weighted by molar-refractivity contribution is 0.208. The van der Waals surface area contributed by atoms with Crippen LogP contribution in [0.1, 0.15) is 31.9 Å². The van der Waals surface area contributed by atoms with Crippen molar-refractivity contribution in [3.05, 3.63) is 47.5 Å². The smallest absolute Gasteiger partial charge is 0.162 e. The predicted molar refractivity (Wildman–Crippen MR) is 100 cm³/mol. The fourth-order valence-corrected chi connectivity index (χ4v) is 2.51. The predicted octanol–water partition coefficient (Wildman–Crippen LogP) is 4.33. The summed E-state index contributed by atoms with van der Waals surface area (Å²) >= 11 is 0. The van der Waals surface area contributed by atoms with Crippen molar-refractivity contribution >= 4 is 0 Å². The minimum atomic E-state index is -0.0743. The zero-order chi connectivity index (χ0) is 19.2. The Hall–Kier alpha value is -2.87. The van der Waals surface area contributed by atoms with Crippen molar-refractivity contribution in [1.29, 1.82) is 5.26 Å². The topological polar surface area (TPSA) is 60.7 Å². The van der Waals surface area contributed by atoms with Gasteiger partial charge in [-0.25, -0.2) is 0 Å². The number of nitrogens with zero attached hydrogens (tertiary/aromatic N) is 1. The minimum absolute atomic E-state index is 0.0743. The van der Waals surface area contributed by atoms with E-state index >= 15 is 0 Å². The fraction of sp³-hybridized carbons (Fsp3) is 0.381. The van der Waals surface area contributed by atoms with Gasteiger partial charge in [-0.15, -0.1) is 0 Å². The van der Waals surface area contributed by atoms with Gasteiger partial charge in [-0.3, -0.25) is 0 Å². The summed E-state index contributed by atoms with van der Waals surface area (Å²) < 4.78 is 22.2. The van der Waals surface area contributed by atoms with Crippen LogP contribution in [0.3, 0.4) is 0 Å². The molecule has 138 valence electrons. The Balaban J connectivity index is 2.04. The van der Waals surface area contributed by atoms with E-state index < -0.39 is 0 Å². The van der Waals surface area contributed by atoms with Crippen molar-refractivity contribution in [2.75, 3.05) is 27.4 Å². The maximum Gasteiger partial charge on any atom is 0.162 e. The van der Waals surface area contributed by atoms with Gasteiger partial charge in [0.1, 0.15) is 24.7 Å². The molecule has 0 saturated heterocycles. The fourth-order valence-electron chi connectivity index (χ4n) is 2.51. The summed E-state index contributed by atoms with van der Waals surface area (Å²) in [5, 5.41) is 9.01. The van der Waals surface area contributed by atoms with Crippen LogP contribution in [0.25, 0.3) is 0 Å². The van der Waals surface area contributed by atoms with E-state index in [1.54, 1.807) is 32.4 Å². The summed E-state index contributed by atoms with van der Waals surface area (Å²) in [6, 6.07) is 12.9. The summed E-state index contributed by atoms with van der Waals surface area (Å²) in [5.41, 5.74) is 1.52. The van der Waals surface area contributed by atoms with E-state index in [2.05, 4.69) is 26.8 Å². The molecule has 0 heterocycles. The molecule has 0 unspecified atom stereocenters. The maximum absolute atomic E-state index is 9.01. The van der Waals surface area contributed by atoms with Gasteiger partial charge in [0.25, 0.3) is 0 Å². The Morgan fingerprint density at radius 1 is 0.846 bits per heavy atom. The Bertz CT molecular complexity index is 788. The van der Waals surface area contributed by atoms with E-state index in [-0.39, 0.29) is 5.41 Å². The van der Waals surface area contributed by atoms with E-state index in [0.29, 0.717) is 30.3 Å². The standard InChI is InChI=1S/C21H25NO4/c1-21(2,3)17-13-16(23-4)7-9-18(17)25-10-11-26-20-12-15(14-22)6-8-19(20)24-5/h6-9,12-13H,10-11H2,1-5H3. The number of nitriles is 1. The molecule has 0 atom stereocenters. The molecule has 26 heavy (non-hydrogen) atoms. The average molecular weight is 355 g/mol. The highest BCUT2D eigenvalue weighted by Gasteiger charge is 2.20. The first-order chi connectivity index (χ1) is 12.4. The molecule has 0 saturated carbocycles. The molecule has 0 amide bonds. The number of hydrogen-bond acceptors (Lipinski definition) is 5. The highest BCUT2D eigenvalue weighted by atomic mass is 16.5. The summed E-state index contributed by atoms with van der Waals surface area (Å²) in [6.45, 7) is 7.09. The second-order valence-electron chi connectivity index (χ2n) is 6.79. The van der Waals surface area contributed by atoms with Gasteiger partial charge in [-0.05, 0) is 35.7 Å². The van der Waals surface area contributed by atoms with Crippen LogP contribution in [0.4, 0.5) is 0 Å². The Kier molecular flexibility index (Phi) is 6.35. The van der Waals surface area contributed by atoms with Crippen LogP contribution in [-0.2, 0) is 5.41 Å². The zero-order valence-electron chi connectivity index (χ0n) is 16.0. The molecule has 0 aliphatic heterocycles. The van der Waals surface area contributed by atoms with Gasteiger partial charge < -0.3 is 18.9 Å². The Labute approximate surface area is 155 Å². The largest absolute Gasteiger partial charge is 0.497 e. The number of rotatable bonds is 7. The molecule has 5 heteroatoms. The summed E-state index contributed by atoms with van der Waals surface area (Å²) in [7, 11) is 3.22. The summed E-state index contributed by atoms with van der Waals surface area (Å²) in [5.74, 6) is 2.72. The van der Waals surface area contributed by atoms with Crippen molar-refractivity contribution in [3.63, 3.8) is 0 Å². The SMILES string of the molecule is COc1ccc(OCCOc2cc(C#N)ccc2OC)c(C(C)(C)C)c1. The van der Waals surface area contributed by atoms with Crippen LogP contribution < -0.4 is 18.9 Å². The van der Waals surface area contributed by atoms with Crippen molar-refractivity contribution in [1.82, 2.24) is 0 Å². The van der Waals surface area contributed by atoms with Crippen molar-refractivity contribution in [2.24, 2.45) is 0 Å². The van der Waals surface area contributed by atoms with E-state index in [9.17, 15) is 0 Å². The van der Waals surface area contributed by atoms with Crippen molar-refractivity contribution in [3.8, 4) is 29.1 Å². The molecule has 0 radical (unpaired) electrons. The molecule has 0 N–H and O–H groups in total. The molecular formula is C21H25NO4. The summed E-state index contributed by atoms with van der Waals surface area (Å²) in [6.07, 6.45) is 0. The molecule has 0 spiro atoms. The second kappa shape index (κ2) is 8.48. The number of hydrogen-bond donors (Lipinski definition) is 0. The first-order valence-electron chi connectivity index (χ1n) is 8.41. The Morgan fingerprint density at radius 2 is 1.50 bits per heavy atom. The number of methoxy groups -OCH3 is 2. The van der Waals surface area contributed by atoms with Gasteiger partial charge in [0.15, 0.2) is 11.5 Å². The van der Waals surface area contributed by atoms with Gasteiger partial charge in [0.2, 0.25) is 0 Å². The molecule has 0 aliphatic carbocycles. The van der Waals surface area contributed by atoms with E-state index in [1.165, 1.54) is 0 Å². The van der Waals surface area contributed by atoms with E-state index in [1.807, 2.05) is 18.2 Å². The van der Waals surface area contributed by atoms with Gasteiger partial charge in [-0.2, -0.15) is 5.26 Å². The Morgan fingerprint density at radius 3 is 2.08 bits per heavy atom. The first kappa shape index (κ1) is 19.5. The molecule has 0 aromatic heterocycles. The lowest BCUT2D eigenvalue weighted by atomic mass is 9.86. The van der Waals surface area contributed by atoms with Crippen LogP contribution in [0.2, 0.25) is 0 Å². The molecule has 2 aromatic carbocycles. The van der Waals surface area contributed by atoms with Crippen molar-refractivity contribution < 1.29 is 18.9 Å². The molecule has 0 fully saturated rings. The van der Waals surface area contributed by atoms with Crippen LogP contribution >= 0.6 is 0 Å². The molecule has 2 aromatic rings. The van der Waals surface area contributed by atoms with Gasteiger partial charge in [0.05, 0.1) is 25.9 Å². The molecule has 2 rings (SSSR count). The molecular weight excluding hydrogens is 330 g/mol. The van der Waals surface area contributed by atoms with Gasteiger partial charge in [-0.1, -0.05) is 20.8 Å². The monoisotopic (exact) mass is 355 g/mol. The number of ether oxygens (including phenoxy) is 4. The average Bonchev–Trinajstić information content (AvgIpc) is 2.64. The van der Waals surface area contributed by atoms with E-state index in [4.69, 9.17) is 24.2 Å². The summed E-state index contributed by atoms with van der Waals surface area (Å²) in [4.78, 5) is 0. The minimum Gasteiger partial charge on any atom is -0.497 e. The highest BCUT2D eigenvalue weighted by Crippen LogP contribution is 2.34. The molecule has 0 aliphatic rings. The molecule has 0 bridgehead atoms. The lowest BCUT2D eigenvalue weighted by Gasteiger charge is -2.23. The normalized spacial score (nSPS) is 10.8. The van der Waals surface area contributed by atoms with Gasteiger partial charge in [0, 0.05) is 11.6 Å². The highest BCUT2D eigenvalue weighted by molar-refractivity contribution is 5.47. The van der Waals surface area contributed by atoms with Crippen LogP contribution in [0, 0.1) is 11.3 Å². The van der Waals surface area contributed by atoms with Crippen LogP contribution in [0.5, 0.6) is 23.0 Å². The van der Waals surface area contributed by atoms with Gasteiger partial charge >= 0.3 is 0 Å². The third-order valence-corrected chi connectivity index (χ3v) is 3.89. The lowest BCUT2D eigenvalue weighted by Crippen LogP contribution is -2.16.